The van der Waals surface area contributed by atoms with Crippen molar-refractivity contribution in [2.75, 3.05) is 0 Å². The zero-order chi connectivity index (χ0) is 62.7. The van der Waals surface area contributed by atoms with Crippen molar-refractivity contribution >= 4 is 53.6 Å². The van der Waals surface area contributed by atoms with Gasteiger partial charge in [-0.2, -0.15) is 0 Å². The molecule has 480 valence electrons. The van der Waals surface area contributed by atoms with Crippen LogP contribution < -0.4 is 0 Å². The third-order valence-corrected chi connectivity index (χ3v) is 21.5. The summed E-state index contributed by atoms with van der Waals surface area (Å²) < 4.78 is 30.2. The van der Waals surface area contributed by atoms with Gasteiger partial charge in [-0.3, -0.25) is 0 Å². The summed E-state index contributed by atoms with van der Waals surface area (Å²) in [4.78, 5) is 19.9. The van der Waals surface area contributed by atoms with Crippen molar-refractivity contribution in [2.24, 2.45) is 0 Å². The molecule has 8 aromatic rings. The van der Waals surface area contributed by atoms with Crippen molar-refractivity contribution in [1.82, 2.24) is 23.9 Å². The van der Waals surface area contributed by atoms with E-state index in [0.717, 1.165) is 99.7 Å². The number of fused-ring (bicyclic) bond motifs is 20. The van der Waals surface area contributed by atoms with E-state index in [9.17, 15) is 8.42 Å². The van der Waals surface area contributed by atoms with Crippen LogP contribution in [-0.2, 0) is 48.5 Å². The van der Waals surface area contributed by atoms with E-state index in [0.29, 0.717) is 0 Å². The molecule has 4 aromatic carbocycles. The van der Waals surface area contributed by atoms with Crippen molar-refractivity contribution in [3.8, 4) is 45.0 Å². The SMILES string of the molecule is CCCCCCCc1cc2c(cc1CCCCCCC)-c1cc3[nH]c(cc4nc(cc5[nH]c(cc-2n1)c1ccc(S(=O)(=O)n2cccc2)cc51)-c1cc(CCCCCCC)c(CCCCCCC)cc1-4)c1cc(CCCCCCC)c(CCCCCCC)cc31. The van der Waals surface area contributed by atoms with Crippen LogP contribution in [0.3, 0.4) is 0 Å². The van der Waals surface area contributed by atoms with Gasteiger partial charge in [-0.1, -0.05) is 202 Å². The Balaban J connectivity index is 1.27. The summed E-state index contributed by atoms with van der Waals surface area (Å²) in [6, 6.07) is 33.6. The molecule has 0 atom stereocenters. The molecule has 0 spiro atoms. The highest BCUT2D eigenvalue weighted by Crippen LogP contribution is 2.44. The number of unbranched alkanes of at least 4 members (excludes halogenated alkanes) is 24. The van der Waals surface area contributed by atoms with E-state index in [1.54, 1.807) is 30.6 Å². The molecular formula is C82H109N5O2S. The van der Waals surface area contributed by atoms with Gasteiger partial charge in [0.25, 0.3) is 10.0 Å². The summed E-state index contributed by atoms with van der Waals surface area (Å²) in [6.45, 7) is 13.8. The van der Waals surface area contributed by atoms with Gasteiger partial charge in [-0.25, -0.2) is 22.4 Å². The van der Waals surface area contributed by atoms with Gasteiger partial charge in [0.15, 0.2) is 0 Å². The Bertz CT molecular complexity index is 3920. The van der Waals surface area contributed by atoms with Gasteiger partial charge in [-0.15, -0.1) is 0 Å². The lowest BCUT2D eigenvalue weighted by atomic mass is 9.90. The minimum absolute atomic E-state index is 0.245. The zero-order valence-electron chi connectivity index (χ0n) is 56.3. The van der Waals surface area contributed by atoms with Crippen molar-refractivity contribution in [3.05, 3.63) is 137 Å². The third-order valence-electron chi connectivity index (χ3n) is 19.9. The van der Waals surface area contributed by atoms with Crippen LogP contribution in [0, 0.1) is 0 Å². The first kappa shape index (κ1) is 66.7. The number of rotatable bonds is 38. The molecule has 2 N–H and O–H groups in total. The van der Waals surface area contributed by atoms with Gasteiger partial charge in [0.05, 0.1) is 27.7 Å². The maximum Gasteiger partial charge on any atom is 0.267 e. The zero-order valence-corrected chi connectivity index (χ0v) is 57.2. The molecule has 0 saturated carbocycles. The van der Waals surface area contributed by atoms with Gasteiger partial charge in [0.2, 0.25) is 0 Å². The number of hydrogen-bond donors (Lipinski definition) is 2. The van der Waals surface area contributed by atoms with Crippen molar-refractivity contribution in [3.63, 3.8) is 0 Å². The molecule has 8 heteroatoms. The minimum Gasteiger partial charge on any atom is -0.354 e. The molecule has 0 radical (unpaired) electrons. The standard InChI is InChI=1S/C82H109N5O2S/c1-7-13-19-25-31-39-60-49-68-69(50-61(60)40-32-26-20-14-8-2)77-57-78-70-51-62(41-33-27-21-15-9-3)63(42-34-28-22-16-10-4)52-71(70)79(85-78)58-80-72-53-64(43-35-29-23-17-11-5)65(44-36-30-24-18-12-6)54-73(72)81(86-80)59-82-74-55-66(90(88,89)87-47-37-38-48-87)45-46-67(74)75(83-82)56-76(68)84-77/h37-38,45-59,83,85H,7-36,39-44H2,1-6H3. The van der Waals surface area contributed by atoms with Gasteiger partial charge in [0.1, 0.15) is 0 Å². The summed E-state index contributed by atoms with van der Waals surface area (Å²) in [5, 5.41) is 4.30. The van der Waals surface area contributed by atoms with Crippen LogP contribution in [-0.4, -0.2) is 32.3 Å². The van der Waals surface area contributed by atoms with Gasteiger partial charge in [0, 0.05) is 78.3 Å². The number of hydrogen-bond acceptors (Lipinski definition) is 4. The predicted molar refractivity (Wildman–Crippen MR) is 387 cm³/mol. The fourth-order valence-corrected chi connectivity index (χ4v) is 15.7. The van der Waals surface area contributed by atoms with Crippen LogP contribution in [0.1, 0.15) is 268 Å². The number of benzene rings is 4. The van der Waals surface area contributed by atoms with E-state index in [4.69, 9.17) is 9.97 Å². The predicted octanol–water partition coefficient (Wildman–Crippen LogP) is 24.4. The molecule has 2 aliphatic rings. The van der Waals surface area contributed by atoms with Crippen LogP contribution in [0.25, 0.3) is 88.6 Å². The highest BCUT2D eigenvalue weighted by atomic mass is 32.2. The number of aryl methyl sites for hydroxylation is 6. The molecule has 0 aliphatic carbocycles. The van der Waals surface area contributed by atoms with E-state index in [2.05, 4.69) is 112 Å². The molecular weight excluding hydrogens is 1120 g/mol. The second kappa shape index (κ2) is 33.4. The Hall–Kier alpha value is -6.25. The van der Waals surface area contributed by atoms with Crippen molar-refractivity contribution < 1.29 is 8.42 Å². The molecule has 90 heavy (non-hydrogen) atoms. The van der Waals surface area contributed by atoms with Crippen LogP contribution in [0.15, 0.2) is 108 Å². The van der Waals surface area contributed by atoms with Crippen LogP contribution in [0.5, 0.6) is 0 Å². The molecule has 4 aromatic heterocycles. The maximum atomic E-state index is 14.4. The minimum atomic E-state index is -3.88. The molecule has 6 heterocycles. The first-order chi connectivity index (χ1) is 44.1. The van der Waals surface area contributed by atoms with Gasteiger partial charge in [-0.05, 0) is 195 Å². The molecule has 0 amide bonds. The van der Waals surface area contributed by atoms with Crippen LogP contribution >= 0.6 is 0 Å². The molecule has 8 bridgehead atoms. The summed E-state index contributed by atoms with van der Waals surface area (Å²) in [5.74, 6) is 0. The fourth-order valence-electron chi connectivity index (χ4n) is 14.5. The van der Waals surface area contributed by atoms with Crippen LogP contribution in [0.2, 0.25) is 0 Å². The summed E-state index contributed by atoms with van der Waals surface area (Å²) in [7, 11) is -3.88. The van der Waals surface area contributed by atoms with Crippen LogP contribution in [0.4, 0.5) is 0 Å². The molecule has 0 unspecified atom stereocenters. The van der Waals surface area contributed by atoms with E-state index >= 15 is 0 Å². The molecule has 0 saturated heterocycles. The second-order valence-corrected chi connectivity index (χ2v) is 28.8. The Morgan fingerprint density at radius 1 is 0.311 bits per heavy atom. The lowest BCUT2D eigenvalue weighted by Gasteiger charge is -2.14. The lowest BCUT2D eigenvalue weighted by Crippen LogP contribution is -2.10. The number of nitrogens with zero attached hydrogens (tertiary/aromatic N) is 3. The van der Waals surface area contributed by atoms with E-state index in [1.807, 2.05) is 12.1 Å². The first-order valence-electron chi connectivity index (χ1n) is 36.5. The maximum absolute atomic E-state index is 14.4. The summed E-state index contributed by atoms with van der Waals surface area (Å²) in [6.07, 6.45) is 47.1. The number of H-pyrrole nitrogens is 2. The highest BCUT2D eigenvalue weighted by Gasteiger charge is 2.25. The summed E-state index contributed by atoms with van der Waals surface area (Å²) in [5.41, 5.74) is 21.2. The average molecular weight is 1230 g/mol. The van der Waals surface area contributed by atoms with Gasteiger partial charge < -0.3 is 9.97 Å². The van der Waals surface area contributed by atoms with E-state index in [1.165, 1.54) is 257 Å². The highest BCUT2D eigenvalue weighted by molar-refractivity contribution is 7.90. The Kier molecular flexibility index (Phi) is 24.7. The fraction of sp³-hybridized carbons (Fsp3) is 0.512. The lowest BCUT2D eigenvalue weighted by molar-refractivity contribution is 0.587. The average Bonchev–Trinajstić information content (AvgIpc) is 1.64. The normalized spacial score (nSPS) is 12.2. The van der Waals surface area contributed by atoms with Crippen molar-refractivity contribution in [2.45, 2.75) is 278 Å². The summed E-state index contributed by atoms with van der Waals surface area (Å²) >= 11 is 0. The third kappa shape index (κ3) is 16.5. The number of aromatic nitrogens is 5. The molecule has 7 nitrogen and oxygen atoms in total. The van der Waals surface area contributed by atoms with Gasteiger partial charge >= 0.3 is 0 Å². The smallest absolute Gasteiger partial charge is 0.267 e. The molecule has 0 fully saturated rings. The quantitative estimate of drug-likeness (QED) is 0.0377. The van der Waals surface area contributed by atoms with E-state index in [-0.39, 0.29) is 4.90 Å². The number of nitrogens with one attached hydrogen (secondary N) is 2. The largest absolute Gasteiger partial charge is 0.354 e. The first-order valence-corrected chi connectivity index (χ1v) is 37.9. The Labute approximate surface area is 542 Å². The Morgan fingerprint density at radius 2 is 0.578 bits per heavy atom. The monoisotopic (exact) mass is 1230 g/mol. The molecule has 10 rings (SSSR count). The molecule has 2 aliphatic heterocycles. The van der Waals surface area contributed by atoms with Crippen molar-refractivity contribution in [1.29, 1.82) is 0 Å². The topological polar surface area (TPSA) is 96.4 Å². The second-order valence-electron chi connectivity index (χ2n) is 27.0. The Morgan fingerprint density at radius 3 is 0.878 bits per heavy atom. The number of aromatic amines is 2. The van der Waals surface area contributed by atoms with E-state index < -0.39 is 10.0 Å².